The van der Waals surface area contributed by atoms with Crippen LogP contribution >= 0.6 is 0 Å². The third-order valence-corrected chi connectivity index (χ3v) is 4.04. The van der Waals surface area contributed by atoms with E-state index in [-0.39, 0.29) is 0 Å². The SMILES string of the molecule is C=C1C=CC(c2nc3cc(OCc4ccc(C)cn4)ccc3o2)=NN1C. The van der Waals surface area contributed by atoms with E-state index in [1.54, 1.807) is 5.01 Å². The van der Waals surface area contributed by atoms with Crippen LogP contribution in [0.2, 0.25) is 0 Å². The summed E-state index contributed by atoms with van der Waals surface area (Å²) in [5.74, 6) is 1.18. The van der Waals surface area contributed by atoms with Crippen molar-refractivity contribution in [2.24, 2.45) is 5.10 Å². The molecule has 4 rings (SSSR count). The van der Waals surface area contributed by atoms with Gasteiger partial charge in [0, 0.05) is 19.3 Å². The second-order valence-electron chi connectivity index (χ2n) is 6.10. The van der Waals surface area contributed by atoms with Crippen LogP contribution in [0.3, 0.4) is 0 Å². The number of fused-ring (bicyclic) bond motifs is 1. The summed E-state index contributed by atoms with van der Waals surface area (Å²) in [7, 11) is 1.83. The molecule has 1 aromatic carbocycles. The van der Waals surface area contributed by atoms with Crippen LogP contribution in [0.15, 0.2) is 70.5 Å². The maximum absolute atomic E-state index is 5.82. The predicted molar refractivity (Wildman–Crippen MR) is 99.9 cm³/mol. The van der Waals surface area contributed by atoms with Gasteiger partial charge in [-0.1, -0.05) is 12.6 Å². The first-order valence-corrected chi connectivity index (χ1v) is 8.23. The topological polar surface area (TPSA) is 63.8 Å². The van der Waals surface area contributed by atoms with Gasteiger partial charge in [-0.15, -0.1) is 0 Å². The van der Waals surface area contributed by atoms with Crippen molar-refractivity contribution in [2.45, 2.75) is 13.5 Å². The minimum atomic E-state index is 0.402. The molecule has 0 unspecified atom stereocenters. The maximum atomic E-state index is 5.82. The molecule has 2 aromatic heterocycles. The number of hydrazone groups is 1. The molecule has 0 saturated heterocycles. The summed E-state index contributed by atoms with van der Waals surface area (Å²) in [6.45, 7) is 6.30. The molecule has 6 nitrogen and oxygen atoms in total. The number of oxazole rings is 1. The van der Waals surface area contributed by atoms with E-state index in [1.807, 2.05) is 62.7 Å². The predicted octanol–water partition coefficient (Wildman–Crippen LogP) is 3.83. The standard InChI is InChI=1S/C20H18N4O2/c1-13-4-6-15(21-11-13)12-25-16-7-9-19-18(10-16)22-20(26-19)17-8-5-14(2)24(3)23-17/h4-11H,2,12H2,1,3H3. The summed E-state index contributed by atoms with van der Waals surface area (Å²) in [4.78, 5) is 8.86. The lowest BCUT2D eigenvalue weighted by Gasteiger charge is -2.17. The molecule has 0 radical (unpaired) electrons. The quantitative estimate of drug-likeness (QED) is 0.718. The lowest BCUT2D eigenvalue weighted by molar-refractivity contribution is 0.301. The molecule has 130 valence electrons. The Balaban J connectivity index is 1.54. The van der Waals surface area contributed by atoms with Crippen LogP contribution in [0.1, 0.15) is 17.1 Å². The number of pyridine rings is 1. The van der Waals surface area contributed by atoms with Gasteiger partial charge in [-0.25, -0.2) is 4.98 Å². The zero-order valence-corrected chi connectivity index (χ0v) is 14.6. The van der Waals surface area contributed by atoms with E-state index in [0.717, 1.165) is 22.5 Å². The van der Waals surface area contributed by atoms with Gasteiger partial charge in [-0.05, 0) is 42.8 Å². The number of likely N-dealkylation sites (N-methyl/N-ethyl adjacent to an activating group) is 1. The molecule has 0 fully saturated rings. The third kappa shape index (κ3) is 3.21. The van der Waals surface area contributed by atoms with Gasteiger partial charge in [-0.3, -0.25) is 9.99 Å². The first-order valence-electron chi connectivity index (χ1n) is 8.23. The Kier molecular flexibility index (Phi) is 4.01. The fraction of sp³-hybridized carbons (Fsp3) is 0.150. The normalized spacial score (nSPS) is 14.0. The average Bonchev–Trinajstić information content (AvgIpc) is 3.07. The minimum absolute atomic E-state index is 0.402. The lowest BCUT2D eigenvalue weighted by atomic mass is 10.2. The molecule has 0 amide bonds. The van der Waals surface area contributed by atoms with E-state index < -0.39 is 0 Å². The van der Waals surface area contributed by atoms with Gasteiger partial charge in [0.1, 0.15) is 23.6 Å². The highest BCUT2D eigenvalue weighted by Gasteiger charge is 2.15. The number of hydrogen-bond acceptors (Lipinski definition) is 6. The van der Waals surface area contributed by atoms with E-state index in [0.29, 0.717) is 29.5 Å². The van der Waals surface area contributed by atoms with Gasteiger partial charge in [0.2, 0.25) is 5.89 Å². The van der Waals surface area contributed by atoms with E-state index in [1.165, 1.54) is 0 Å². The third-order valence-electron chi connectivity index (χ3n) is 4.04. The second-order valence-corrected chi connectivity index (χ2v) is 6.10. The molecule has 0 N–H and O–H groups in total. The summed E-state index contributed by atoms with van der Waals surface area (Å²) in [6, 6.07) is 9.53. The van der Waals surface area contributed by atoms with E-state index in [9.17, 15) is 0 Å². The molecule has 3 heterocycles. The highest BCUT2D eigenvalue weighted by atomic mass is 16.5. The van der Waals surface area contributed by atoms with E-state index >= 15 is 0 Å². The Hall–Kier alpha value is -3.41. The Morgan fingerprint density at radius 2 is 2.08 bits per heavy atom. The number of hydrogen-bond donors (Lipinski definition) is 0. The summed E-state index contributed by atoms with van der Waals surface area (Å²) in [5.41, 5.74) is 4.87. The van der Waals surface area contributed by atoms with E-state index in [4.69, 9.17) is 9.15 Å². The van der Waals surface area contributed by atoms with E-state index in [2.05, 4.69) is 21.6 Å². The van der Waals surface area contributed by atoms with Crippen molar-refractivity contribution in [1.82, 2.24) is 15.0 Å². The van der Waals surface area contributed by atoms with Gasteiger partial charge in [0.05, 0.1) is 11.4 Å². The van der Waals surface area contributed by atoms with Crippen LogP contribution < -0.4 is 4.74 Å². The number of rotatable bonds is 4. The fourth-order valence-corrected chi connectivity index (χ4v) is 2.50. The number of aryl methyl sites for hydroxylation is 1. The van der Waals surface area contributed by atoms with Crippen molar-refractivity contribution < 1.29 is 9.15 Å². The zero-order valence-electron chi connectivity index (χ0n) is 14.6. The number of allylic oxidation sites excluding steroid dienone is 2. The maximum Gasteiger partial charge on any atom is 0.248 e. The Bertz CT molecular complexity index is 1030. The molecule has 6 heteroatoms. The first-order chi connectivity index (χ1) is 12.6. The summed E-state index contributed by atoms with van der Waals surface area (Å²) < 4.78 is 11.6. The van der Waals surface area contributed by atoms with Gasteiger partial charge >= 0.3 is 0 Å². The number of benzene rings is 1. The molecule has 3 aromatic rings. The monoisotopic (exact) mass is 346 g/mol. The second kappa shape index (κ2) is 6.48. The van der Waals surface area contributed by atoms with Crippen LogP contribution in [0.25, 0.3) is 11.1 Å². The largest absolute Gasteiger partial charge is 0.487 e. The average molecular weight is 346 g/mol. The lowest BCUT2D eigenvalue weighted by Crippen LogP contribution is -2.16. The van der Waals surface area contributed by atoms with Gasteiger partial charge in [0.25, 0.3) is 0 Å². The van der Waals surface area contributed by atoms with Crippen LogP contribution in [-0.2, 0) is 6.61 Å². The summed E-state index contributed by atoms with van der Waals surface area (Å²) in [5, 5.41) is 6.09. The molecular weight excluding hydrogens is 328 g/mol. The smallest absolute Gasteiger partial charge is 0.248 e. The highest BCUT2D eigenvalue weighted by Crippen LogP contribution is 2.23. The molecule has 0 aliphatic carbocycles. The molecule has 26 heavy (non-hydrogen) atoms. The Morgan fingerprint density at radius 1 is 1.19 bits per heavy atom. The van der Waals surface area contributed by atoms with Crippen molar-refractivity contribution >= 4 is 16.8 Å². The Morgan fingerprint density at radius 3 is 2.85 bits per heavy atom. The molecular formula is C20H18N4O2. The van der Waals surface area contributed by atoms with Gasteiger partial charge in [-0.2, -0.15) is 5.10 Å². The van der Waals surface area contributed by atoms with Gasteiger partial charge in [0.15, 0.2) is 5.58 Å². The van der Waals surface area contributed by atoms with Crippen LogP contribution in [0.4, 0.5) is 0 Å². The molecule has 0 saturated carbocycles. The Labute approximate surface area is 151 Å². The van der Waals surface area contributed by atoms with Crippen LogP contribution in [0.5, 0.6) is 5.75 Å². The molecule has 1 aliphatic rings. The highest BCUT2D eigenvalue weighted by molar-refractivity contribution is 6.07. The number of nitrogens with zero attached hydrogens (tertiary/aromatic N) is 4. The summed E-state index contributed by atoms with van der Waals surface area (Å²) >= 11 is 0. The van der Waals surface area contributed by atoms with Crippen LogP contribution in [0, 0.1) is 6.92 Å². The minimum Gasteiger partial charge on any atom is -0.487 e. The first kappa shape index (κ1) is 16.1. The van der Waals surface area contributed by atoms with Crippen molar-refractivity contribution in [3.8, 4) is 5.75 Å². The molecule has 0 bridgehead atoms. The molecule has 0 spiro atoms. The number of ether oxygens (including phenoxy) is 1. The van der Waals surface area contributed by atoms with Crippen molar-refractivity contribution in [2.75, 3.05) is 7.05 Å². The number of aromatic nitrogens is 2. The fourth-order valence-electron chi connectivity index (χ4n) is 2.50. The van der Waals surface area contributed by atoms with Gasteiger partial charge < -0.3 is 9.15 Å². The molecule has 0 atom stereocenters. The molecule has 1 aliphatic heterocycles. The van der Waals surface area contributed by atoms with Crippen molar-refractivity contribution in [3.63, 3.8) is 0 Å². The van der Waals surface area contributed by atoms with Crippen LogP contribution in [-0.4, -0.2) is 27.7 Å². The van der Waals surface area contributed by atoms with Crippen molar-refractivity contribution in [3.05, 3.63) is 78.1 Å². The zero-order chi connectivity index (χ0) is 18.1. The summed E-state index contributed by atoms with van der Waals surface area (Å²) in [6.07, 6.45) is 5.55. The van der Waals surface area contributed by atoms with Crippen molar-refractivity contribution in [1.29, 1.82) is 0 Å².